The molecule has 0 heterocycles. The number of para-hydroxylation sites is 1. The molecule has 1 aromatic carbocycles. The van der Waals surface area contributed by atoms with Gasteiger partial charge in [0.05, 0.1) is 11.3 Å². The Labute approximate surface area is 138 Å². The lowest BCUT2D eigenvalue weighted by molar-refractivity contribution is -0.119. The van der Waals surface area contributed by atoms with Crippen molar-refractivity contribution in [3.63, 3.8) is 0 Å². The van der Waals surface area contributed by atoms with Crippen LogP contribution in [0.3, 0.4) is 0 Å². The maximum Gasteiger partial charge on any atom is 0.253 e. The Balaban J connectivity index is 0.00000441. The predicted octanol–water partition coefficient (Wildman–Crippen LogP) is 2.43. The molecule has 0 aromatic heterocycles. The number of carbonyl (C=O) groups excluding carboxylic acids is 2. The monoisotopic (exact) mass is 327 g/mol. The average Bonchev–Trinajstić information content (AvgIpc) is 2.37. The topological polar surface area (TPSA) is 70.2 Å². The average molecular weight is 328 g/mol. The van der Waals surface area contributed by atoms with Crippen LogP contribution in [0.4, 0.5) is 5.69 Å². The van der Waals surface area contributed by atoms with E-state index in [-0.39, 0.29) is 35.7 Å². The highest BCUT2D eigenvalue weighted by Crippen LogP contribution is 2.17. The van der Waals surface area contributed by atoms with Gasteiger partial charge < -0.3 is 16.0 Å². The van der Waals surface area contributed by atoms with Crippen LogP contribution in [0.2, 0.25) is 0 Å². The van der Waals surface area contributed by atoms with Crippen LogP contribution in [-0.2, 0) is 4.79 Å². The van der Waals surface area contributed by atoms with Crippen molar-refractivity contribution >= 4 is 29.9 Å². The summed E-state index contributed by atoms with van der Waals surface area (Å²) in [5, 5.41) is 8.69. The lowest BCUT2D eigenvalue weighted by Gasteiger charge is -2.22. The van der Waals surface area contributed by atoms with Gasteiger partial charge in [0, 0.05) is 18.0 Å². The van der Waals surface area contributed by atoms with Crippen LogP contribution in [0, 0.1) is 5.92 Å². The third kappa shape index (κ3) is 6.45. The van der Waals surface area contributed by atoms with Crippen molar-refractivity contribution in [3.8, 4) is 0 Å². The molecule has 6 heteroatoms. The molecule has 1 rings (SSSR count). The number of nitrogens with one attached hydrogen (secondary N) is 3. The van der Waals surface area contributed by atoms with Gasteiger partial charge >= 0.3 is 0 Å². The molecule has 2 amide bonds. The van der Waals surface area contributed by atoms with E-state index in [1.165, 1.54) is 0 Å². The molecule has 1 unspecified atom stereocenters. The molecule has 0 radical (unpaired) electrons. The predicted molar refractivity (Wildman–Crippen MR) is 92.6 cm³/mol. The van der Waals surface area contributed by atoms with Gasteiger partial charge in [0.1, 0.15) is 0 Å². The van der Waals surface area contributed by atoms with Crippen molar-refractivity contribution in [1.29, 1.82) is 0 Å². The SMILES string of the molecule is CNCC(C)C(=O)Nc1ccccc1C(=O)NC(C)(C)C.Cl. The van der Waals surface area contributed by atoms with E-state index in [0.29, 0.717) is 17.8 Å². The molecule has 22 heavy (non-hydrogen) atoms. The molecular weight excluding hydrogens is 302 g/mol. The molecule has 0 bridgehead atoms. The molecule has 1 aromatic rings. The fourth-order valence-corrected chi connectivity index (χ4v) is 1.85. The van der Waals surface area contributed by atoms with Crippen LogP contribution in [0.25, 0.3) is 0 Å². The molecule has 0 saturated heterocycles. The standard InChI is InChI=1S/C16H25N3O2.ClH/c1-11(10-17-5)14(20)18-13-9-7-6-8-12(13)15(21)19-16(2,3)4;/h6-9,11,17H,10H2,1-5H3,(H,18,20)(H,19,21);1H. The summed E-state index contributed by atoms with van der Waals surface area (Å²) in [5.41, 5.74) is 0.679. The fraction of sp³-hybridized carbons (Fsp3) is 0.500. The highest BCUT2D eigenvalue weighted by atomic mass is 35.5. The quantitative estimate of drug-likeness (QED) is 0.778. The first-order valence-corrected chi connectivity index (χ1v) is 7.11. The summed E-state index contributed by atoms with van der Waals surface area (Å²) >= 11 is 0. The third-order valence-electron chi connectivity index (χ3n) is 2.88. The van der Waals surface area contributed by atoms with Crippen LogP contribution >= 0.6 is 12.4 Å². The van der Waals surface area contributed by atoms with Crippen molar-refractivity contribution in [3.05, 3.63) is 29.8 Å². The van der Waals surface area contributed by atoms with Crippen LogP contribution in [0.5, 0.6) is 0 Å². The number of rotatable bonds is 5. The lowest BCUT2D eigenvalue weighted by Crippen LogP contribution is -2.41. The Bertz CT molecular complexity index is 512. The van der Waals surface area contributed by atoms with Gasteiger partial charge in [0.15, 0.2) is 0 Å². The minimum atomic E-state index is -0.326. The lowest BCUT2D eigenvalue weighted by atomic mass is 10.1. The second-order valence-corrected chi connectivity index (χ2v) is 6.20. The van der Waals surface area contributed by atoms with Crippen molar-refractivity contribution in [2.45, 2.75) is 33.2 Å². The Hall–Kier alpha value is -1.59. The Kier molecular flexibility index (Phi) is 8.12. The number of hydrogen-bond acceptors (Lipinski definition) is 3. The van der Waals surface area contributed by atoms with E-state index in [9.17, 15) is 9.59 Å². The number of benzene rings is 1. The van der Waals surface area contributed by atoms with Gasteiger partial charge in [-0.1, -0.05) is 19.1 Å². The van der Waals surface area contributed by atoms with Crippen LogP contribution in [0.15, 0.2) is 24.3 Å². The molecular formula is C16H26ClN3O2. The highest BCUT2D eigenvalue weighted by Gasteiger charge is 2.19. The van der Waals surface area contributed by atoms with E-state index in [1.54, 1.807) is 31.3 Å². The maximum absolute atomic E-state index is 12.3. The van der Waals surface area contributed by atoms with Crippen molar-refractivity contribution in [2.24, 2.45) is 5.92 Å². The van der Waals surface area contributed by atoms with Gasteiger partial charge in [0.25, 0.3) is 5.91 Å². The number of anilines is 1. The van der Waals surface area contributed by atoms with Gasteiger partial charge in [0.2, 0.25) is 5.91 Å². The minimum absolute atomic E-state index is 0. The zero-order valence-electron chi connectivity index (χ0n) is 13.8. The minimum Gasteiger partial charge on any atom is -0.347 e. The number of hydrogen-bond donors (Lipinski definition) is 3. The van der Waals surface area contributed by atoms with Crippen LogP contribution in [-0.4, -0.2) is 30.9 Å². The maximum atomic E-state index is 12.3. The van der Waals surface area contributed by atoms with Crippen molar-refractivity contribution in [1.82, 2.24) is 10.6 Å². The molecule has 124 valence electrons. The number of carbonyl (C=O) groups is 2. The molecule has 0 fully saturated rings. The van der Waals surface area contributed by atoms with E-state index in [0.717, 1.165) is 0 Å². The zero-order chi connectivity index (χ0) is 16.0. The molecule has 0 saturated carbocycles. The molecule has 0 spiro atoms. The van der Waals surface area contributed by atoms with Gasteiger partial charge in [-0.2, -0.15) is 0 Å². The third-order valence-corrected chi connectivity index (χ3v) is 2.88. The molecule has 0 aliphatic rings. The smallest absolute Gasteiger partial charge is 0.253 e. The summed E-state index contributed by atoms with van der Waals surface area (Å²) in [4.78, 5) is 24.4. The van der Waals surface area contributed by atoms with Crippen LogP contribution in [0.1, 0.15) is 38.1 Å². The van der Waals surface area contributed by atoms with E-state index >= 15 is 0 Å². The summed E-state index contributed by atoms with van der Waals surface area (Å²) in [7, 11) is 1.80. The normalized spacial score (nSPS) is 12.0. The number of halogens is 1. The second-order valence-electron chi connectivity index (χ2n) is 6.20. The first-order valence-electron chi connectivity index (χ1n) is 7.11. The first-order chi connectivity index (χ1) is 9.74. The summed E-state index contributed by atoms with van der Waals surface area (Å²) in [6.07, 6.45) is 0. The van der Waals surface area contributed by atoms with E-state index in [1.807, 2.05) is 27.7 Å². The van der Waals surface area contributed by atoms with Gasteiger partial charge in [-0.3, -0.25) is 9.59 Å². The molecule has 0 aliphatic heterocycles. The molecule has 1 atom stereocenters. The second kappa shape index (κ2) is 8.76. The summed E-state index contributed by atoms with van der Waals surface area (Å²) < 4.78 is 0. The van der Waals surface area contributed by atoms with Crippen molar-refractivity contribution in [2.75, 3.05) is 18.9 Å². The Morgan fingerprint density at radius 2 is 1.77 bits per heavy atom. The van der Waals surface area contributed by atoms with E-state index in [4.69, 9.17) is 0 Å². The van der Waals surface area contributed by atoms with E-state index in [2.05, 4.69) is 16.0 Å². The molecule has 3 N–H and O–H groups in total. The summed E-state index contributed by atoms with van der Waals surface area (Å²) in [6.45, 7) is 8.18. The Morgan fingerprint density at radius 1 is 1.18 bits per heavy atom. The Morgan fingerprint density at radius 3 is 2.32 bits per heavy atom. The first kappa shape index (κ1) is 20.4. The summed E-state index contributed by atoms with van der Waals surface area (Å²) in [6, 6.07) is 7.03. The fourth-order valence-electron chi connectivity index (χ4n) is 1.85. The van der Waals surface area contributed by atoms with Crippen LogP contribution < -0.4 is 16.0 Å². The van der Waals surface area contributed by atoms with Gasteiger partial charge in [-0.05, 0) is 40.0 Å². The van der Waals surface area contributed by atoms with Crippen molar-refractivity contribution < 1.29 is 9.59 Å². The molecule has 0 aliphatic carbocycles. The summed E-state index contributed by atoms with van der Waals surface area (Å²) in [5.74, 6) is -0.478. The van der Waals surface area contributed by atoms with Gasteiger partial charge in [-0.15, -0.1) is 12.4 Å². The highest BCUT2D eigenvalue weighted by molar-refractivity contribution is 6.04. The zero-order valence-corrected chi connectivity index (χ0v) is 14.6. The largest absolute Gasteiger partial charge is 0.347 e. The van der Waals surface area contributed by atoms with E-state index < -0.39 is 0 Å². The molecule has 5 nitrogen and oxygen atoms in total. The number of amides is 2. The van der Waals surface area contributed by atoms with Gasteiger partial charge in [-0.25, -0.2) is 0 Å².